The number of ether oxygens (including phenoxy) is 2. The third-order valence-corrected chi connectivity index (χ3v) is 5.45. The number of fused-ring (bicyclic) bond motifs is 1. The number of hydrogen-bond donors (Lipinski definition) is 2. The normalized spacial score (nSPS) is 10.7. The van der Waals surface area contributed by atoms with Crippen LogP contribution in [0.3, 0.4) is 0 Å². The zero-order valence-corrected chi connectivity index (χ0v) is 20.2. The molecule has 0 aliphatic heterocycles. The van der Waals surface area contributed by atoms with E-state index in [2.05, 4.69) is 20.8 Å². The number of hydrogen-bond acceptors (Lipinski definition) is 6. The van der Waals surface area contributed by atoms with Gasteiger partial charge >= 0.3 is 0 Å². The molecular weight excluding hydrogens is 450 g/mol. The lowest BCUT2D eigenvalue weighted by molar-refractivity contribution is 0.0974. The molecule has 0 unspecified atom stereocenters. The Morgan fingerprint density at radius 2 is 1.74 bits per heavy atom. The van der Waals surface area contributed by atoms with E-state index < -0.39 is 0 Å². The summed E-state index contributed by atoms with van der Waals surface area (Å²) in [5.74, 6) is 0.966. The van der Waals surface area contributed by atoms with Crippen LogP contribution >= 0.6 is 12.2 Å². The van der Waals surface area contributed by atoms with Gasteiger partial charge in [-0.25, -0.2) is 0 Å². The van der Waals surface area contributed by atoms with Gasteiger partial charge in [0.1, 0.15) is 22.5 Å². The molecule has 4 rings (SSSR count). The van der Waals surface area contributed by atoms with Gasteiger partial charge in [0.2, 0.25) is 0 Å². The predicted octanol–water partition coefficient (Wildman–Crippen LogP) is 4.57. The van der Waals surface area contributed by atoms with E-state index in [4.69, 9.17) is 21.7 Å². The van der Waals surface area contributed by atoms with Crippen molar-refractivity contribution in [1.82, 2.24) is 20.3 Å². The highest BCUT2D eigenvalue weighted by atomic mass is 32.1. The standard InChI is InChI=1S/C25H25N5O3S/c1-5-33-18-11-9-17(10-12-18)30-28-21-13-16(3)20(14-22(21)29-30)26-25(34)27-24(31)19-8-6-7-15(2)23(19)32-4/h6-14H,5H2,1-4H3,(H2,26,27,31,34). The van der Waals surface area contributed by atoms with Gasteiger partial charge in [0.05, 0.1) is 25.0 Å². The number of methoxy groups -OCH3 is 1. The van der Waals surface area contributed by atoms with Gasteiger partial charge in [-0.3, -0.25) is 10.1 Å². The average Bonchev–Trinajstić information content (AvgIpc) is 3.22. The monoisotopic (exact) mass is 475 g/mol. The Balaban J connectivity index is 1.52. The van der Waals surface area contributed by atoms with Crippen LogP contribution in [-0.2, 0) is 0 Å². The Hall–Kier alpha value is -3.98. The second kappa shape index (κ2) is 9.88. The van der Waals surface area contributed by atoms with E-state index in [1.165, 1.54) is 7.11 Å². The molecule has 0 saturated heterocycles. The van der Waals surface area contributed by atoms with Gasteiger partial charge in [-0.15, -0.1) is 10.2 Å². The van der Waals surface area contributed by atoms with E-state index in [-0.39, 0.29) is 11.0 Å². The fourth-order valence-electron chi connectivity index (χ4n) is 3.59. The Morgan fingerprint density at radius 1 is 1.03 bits per heavy atom. The summed E-state index contributed by atoms with van der Waals surface area (Å²) in [5, 5.41) is 15.1. The third kappa shape index (κ3) is 4.84. The molecule has 1 heterocycles. The molecule has 0 bridgehead atoms. The highest BCUT2D eigenvalue weighted by molar-refractivity contribution is 7.80. The number of aromatic nitrogens is 3. The van der Waals surface area contributed by atoms with E-state index in [9.17, 15) is 4.79 Å². The SMILES string of the molecule is CCOc1ccc(-n2nc3cc(C)c(NC(=S)NC(=O)c4cccc(C)c4OC)cc3n2)cc1. The van der Waals surface area contributed by atoms with E-state index in [0.29, 0.717) is 23.4 Å². The van der Waals surface area contributed by atoms with Crippen LogP contribution in [-0.4, -0.2) is 39.7 Å². The minimum absolute atomic E-state index is 0.176. The van der Waals surface area contributed by atoms with Crippen molar-refractivity contribution in [2.75, 3.05) is 19.0 Å². The Bertz CT molecular complexity index is 1370. The molecule has 0 saturated carbocycles. The molecule has 0 spiro atoms. The maximum Gasteiger partial charge on any atom is 0.261 e. The maximum absolute atomic E-state index is 12.7. The number of benzene rings is 3. The molecule has 1 aromatic heterocycles. The van der Waals surface area contributed by atoms with Crippen LogP contribution in [0.15, 0.2) is 54.6 Å². The highest BCUT2D eigenvalue weighted by Crippen LogP contribution is 2.24. The summed E-state index contributed by atoms with van der Waals surface area (Å²) >= 11 is 5.39. The average molecular weight is 476 g/mol. The largest absolute Gasteiger partial charge is 0.496 e. The number of carbonyl (C=O) groups is 1. The van der Waals surface area contributed by atoms with Crippen molar-refractivity contribution >= 4 is 40.0 Å². The highest BCUT2D eigenvalue weighted by Gasteiger charge is 2.16. The minimum Gasteiger partial charge on any atom is -0.496 e. The van der Waals surface area contributed by atoms with Gasteiger partial charge in [0, 0.05) is 5.69 Å². The molecular formula is C25H25N5O3S. The van der Waals surface area contributed by atoms with E-state index >= 15 is 0 Å². The maximum atomic E-state index is 12.7. The van der Waals surface area contributed by atoms with Gasteiger partial charge in [-0.05, 0) is 86.6 Å². The molecule has 4 aromatic rings. The zero-order valence-electron chi connectivity index (χ0n) is 19.4. The van der Waals surface area contributed by atoms with Crippen molar-refractivity contribution in [3.05, 3.63) is 71.3 Å². The molecule has 1 amide bonds. The van der Waals surface area contributed by atoms with Crippen molar-refractivity contribution < 1.29 is 14.3 Å². The van der Waals surface area contributed by atoms with E-state index in [1.54, 1.807) is 16.9 Å². The Kier molecular flexibility index (Phi) is 6.74. The molecule has 174 valence electrons. The van der Waals surface area contributed by atoms with E-state index in [0.717, 1.165) is 33.8 Å². The van der Waals surface area contributed by atoms with Gasteiger partial charge in [-0.2, -0.15) is 4.80 Å². The number of anilines is 1. The lowest BCUT2D eigenvalue weighted by Crippen LogP contribution is -2.34. The van der Waals surface area contributed by atoms with Crippen LogP contribution < -0.4 is 20.1 Å². The molecule has 0 aliphatic rings. The predicted molar refractivity (Wildman–Crippen MR) is 136 cm³/mol. The molecule has 2 N–H and O–H groups in total. The number of nitrogens with zero attached hydrogens (tertiary/aromatic N) is 3. The molecule has 0 fully saturated rings. The van der Waals surface area contributed by atoms with Crippen LogP contribution in [0.4, 0.5) is 5.69 Å². The number of para-hydroxylation sites is 1. The Morgan fingerprint density at radius 3 is 2.41 bits per heavy atom. The number of rotatable bonds is 6. The molecule has 0 atom stereocenters. The first-order valence-corrected chi connectivity index (χ1v) is 11.2. The zero-order chi connectivity index (χ0) is 24.2. The lowest BCUT2D eigenvalue weighted by atomic mass is 10.1. The number of aryl methyl sites for hydroxylation is 2. The molecule has 9 heteroatoms. The number of thiocarbonyl (C=S) groups is 1. The quantitative estimate of drug-likeness (QED) is 0.395. The van der Waals surface area contributed by atoms with Gasteiger partial charge < -0.3 is 14.8 Å². The smallest absolute Gasteiger partial charge is 0.261 e. The number of nitrogens with one attached hydrogen (secondary N) is 2. The fourth-order valence-corrected chi connectivity index (χ4v) is 3.79. The van der Waals surface area contributed by atoms with Crippen LogP contribution in [0.2, 0.25) is 0 Å². The topological polar surface area (TPSA) is 90.3 Å². The molecule has 3 aromatic carbocycles. The molecule has 0 aliphatic carbocycles. The van der Waals surface area contributed by atoms with E-state index in [1.807, 2.05) is 63.2 Å². The second-order valence-electron chi connectivity index (χ2n) is 7.64. The lowest BCUT2D eigenvalue weighted by Gasteiger charge is -2.14. The van der Waals surface area contributed by atoms with Crippen molar-refractivity contribution in [3.63, 3.8) is 0 Å². The second-order valence-corrected chi connectivity index (χ2v) is 8.04. The fraction of sp³-hybridized carbons (Fsp3) is 0.200. The first kappa shape index (κ1) is 23.2. The van der Waals surface area contributed by atoms with Crippen molar-refractivity contribution in [2.45, 2.75) is 20.8 Å². The van der Waals surface area contributed by atoms with Crippen molar-refractivity contribution in [3.8, 4) is 17.2 Å². The summed E-state index contributed by atoms with van der Waals surface area (Å²) in [6.07, 6.45) is 0. The number of amides is 1. The number of carbonyl (C=O) groups excluding carboxylic acids is 1. The van der Waals surface area contributed by atoms with Crippen molar-refractivity contribution in [1.29, 1.82) is 0 Å². The van der Waals surface area contributed by atoms with Crippen LogP contribution in [0.25, 0.3) is 16.7 Å². The third-order valence-electron chi connectivity index (χ3n) is 5.24. The van der Waals surface area contributed by atoms with Crippen LogP contribution in [0, 0.1) is 13.8 Å². The Labute approximate surface area is 202 Å². The first-order valence-electron chi connectivity index (χ1n) is 10.8. The molecule has 8 nitrogen and oxygen atoms in total. The summed E-state index contributed by atoms with van der Waals surface area (Å²) < 4.78 is 10.9. The summed E-state index contributed by atoms with van der Waals surface area (Å²) in [5.41, 5.74) is 5.18. The van der Waals surface area contributed by atoms with Crippen LogP contribution in [0.5, 0.6) is 11.5 Å². The summed E-state index contributed by atoms with van der Waals surface area (Å²) in [4.78, 5) is 14.3. The summed E-state index contributed by atoms with van der Waals surface area (Å²) in [7, 11) is 1.54. The van der Waals surface area contributed by atoms with Gasteiger partial charge in [0.15, 0.2) is 5.11 Å². The first-order chi connectivity index (χ1) is 16.4. The summed E-state index contributed by atoms with van der Waals surface area (Å²) in [6, 6.07) is 16.7. The van der Waals surface area contributed by atoms with Crippen molar-refractivity contribution in [2.24, 2.45) is 0 Å². The summed E-state index contributed by atoms with van der Waals surface area (Å²) in [6.45, 7) is 6.37. The van der Waals surface area contributed by atoms with Crippen LogP contribution in [0.1, 0.15) is 28.4 Å². The minimum atomic E-state index is -0.349. The van der Waals surface area contributed by atoms with Gasteiger partial charge in [0.25, 0.3) is 5.91 Å². The molecule has 34 heavy (non-hydrogen) atoms. The molecule has 0 radical (unpaired) electrons. The van der Waals surface area contributed by atoms with Gasteiger partial charge in [-0.1, -0.05) is 12.1 Å².